The van der Waals surface area contributed by atoms with Crippen molar-refractivity contribution in [2.24, 2.45) is 5.92 Å². The Morgan fingerprint density at radius 3 is 2.82 bits per heavy atom. The van der Waals surface area contributed by atoms with Gasteiger partial charge in [-0.25, -0.2) is 0 Å². The Labute approximate surface area is 104 Å². The van der Waals surface area contributed by atoms with Crippen LogP contribution in [0.5, 0.6) is 0 Å². The molecule has 1 N–H and O–H groups in total. The van der Waals surface area contributed by atoms with Crippen LogP contribution in [0.4, 0.5) is 0 Å². The molecule has 2 atom stereocenters. The Bertz CT molecular complexity index is 360. The molecule has 0 spiro atoms. The summed E-state index contributed by atoms with van der Waals surface area (Å²) < 4.78 is 5.80. The van der Waals surface area contributed by atoms with Gasteiger partial charge in [-0.3, -0.25) is 0 Å². The van der Waals surface area contributed by atoms with E-state index in [4.69, 9.17) is 4.74 Å². The zero-order valence-electron chi connectivity index (χ0n) is 10.7. The molecule has 1 aliphatic rings. The first kappa shape index (κ1) is 12.6. The molecule has 0 radical (unpaired) electrons. The molecule has 2 heteroatoms. The maximum absolute atomic E-state index is 10.1. The van der Waals surface area contributed by atoms with Gasteiger partial charge < -0.3 is 9.84 Å². The molecule has 0 amide bonds. The van der Waals surface area contributed by atoms with E-state index in [1.54, 1.807) is 0 Å². The zero-order chi connectivity index (χ0) is 12.3. The summed E-state index contributed by atoms with van der Waals surface area (Å²) in [4.78, 5) is 0. The number of rotatable bonds is 5. The summed E-state index contributed by atoms with van der Waals surface area (Å²) in [6.07, 6.45) is 2.64. The van der Waals surface area contributed by atoms with Crippen LogP contribution in [-0.4, -0.2) is 17.8 Å². The molecule has 0 saturated heterocycles. The van der Waals surface area contributed by atoms with Gasteiger partial charge in [-0.05, 0) is 29.9 Å². The lowest BCUT2D eigenvalue weighted by Crippen LogP contribution is -2.19. The van der Waals surface area contributed by atoms with Crippen LogP contribution in [0.15, 0.2) is 24.3 Å². The Balaban J connectivity index is 1.82. The minimum Gasteiger partial charge on any atom is -0.386 e. The summed E-state index contributed by atoms with van der Waals surface area (Å²) in [6.45, 7) is 5.20. The van der Waals surface area contributed by atoms with Crippen molar-refractivity contribution in [2.75, 3.05) is 6.61 Å². The van der Waals surface area contributed by atoms with Gasteiger partial charge in [0.2, 0.25) is 0 Å². The van der Waals surface area contributed by atoms with Crippen molar-refractivity contribution in [1.29, 1.82) is 0 Å². The van der Waals surface area contributed by atoms with Crippen LogP contribution >= 0.6 is 0 Å². The van der Waals surface area contributed by atoms with E-state index in [0.29, 0.717) is 0 Å². The van der Waals surface area contributed by atoms with E-state index in [1.165, 1.54) is 12.0 Å². The van der Waals surface area contributed by atoms with Gasteiger partial charge in [-0.2, -0.15) is 0 Å². The SMILES string of the molecule is CC(C)CCCOC1Cc2ccccc2C1O. The predicted octanol–water partition coefficient (Wildman–Crippen LogP) is 3.10. The van der Waals surface area contributed by atoms with Gasteiger partial charge in [-0.15, -0.1) is 0 Å². The lowest BCUT2D eigenvalue weighted by Gasteiger charge is -2.16. The fourth-order valence-corrected chi connectivity index (χ4v) is 2.41. The first-order valence-corrected chi connectivity index (χ1v) is 6.56. The summed E-state index contributed by atoms with van der Waals surface area (Å²) in [7, 11) is 0. The number of hydrogen-bond acceptors (Lipinski definition) is 2. The van der Waals surface area contributed by atoms with Gasteiger partial charge in [0.15, 0.2) is 0 Å². The molecule has 17 heavy (non-hydrogen) atoms. The number of fused-ring (bicyclic) bond motifs is 1. The second kappa shape index (κ2) is 5.65. The molecule has 0 aromatic heterocycles. The average Bonchev–Trinajstić information content (AvgIpc) is 2.63. The summed E-state index contributed by atoms with van der Waals surface area (Å²) in [5.41, 5.74) is 2.27. The molecule has 0 aliphatic heterocycles. The highest BCUT2D eigenvalue weighted by Gasteiger charge is 2.30. The topological polar surface area (TPSA) is 29.5 Å². The molecule has 1 aromatic rings. The van der Waals surface area contributed by atoms with Gasteiger partial charge in [0, 0.05) is 13.0 Å². The normalized spacial score (nSPS) is 23.1. The predicted molar refractivity (Wildman–Crippen MR) is 68.9 cm³/mol. The number of ether oxygens (including phenoxy) is 1. The van der Waals surface area contributed by atoms with E-state index in [2.05, 4.69) is 19.9 Å². The van der Waals surface area contributed by atoms with Crippen LogP contribution in [0.1, 0.15) is 43.9 Å². The number of aliphatic hydroxyl groups is 1. The highest BCUT2D eigenvalue weighted by molar-refractivity contribution is 5.35. The maximum atomic E-state index is 10.1. The van der Waals surface area contributed by atoms with E-state index in [-0.39, 0.29) is 6.10 Å². The monoisotopic (exact) mass is 234 g/mol. The first-order valence-electron chi connectivity index (χ1n) is 6.56. The smallest absolute Gasteiger partial charge is 0.106 e. The molecule has 2 nitrogen and oxygen atoms in total. The number of benzene rings is 1. The number of hydrogen-bond donors (Lipinski definition) is 1. The van der Waals surface area contributed by atoms with Crippen LogP contribution in [0, 0.1) is 5.92 Å². The van der Waals surface area contributed by atoms with Crippen LogP contribution in [0.25, 0.3) is 0 Å². The molecule has 1 aliphatic carbocycles. The fraction of sp³-hybridized carbons (Fsp3) is 0.600. The number of aliphatic hydroxyl groups excluding tert-OH is 1. The third-order valence-corrected chi connectivity index (χ3v) is 3.40. The summed E-state index contributed by atoms with van der Waals surface area (Å²) in [5.74, 6) is 0.726. The van der Waals surface area contributed by atoms with Crippen molar-refractivity contribution in [3.63, 3.8) is 0 Å². The quantitative estimate of drug-likeness (QED) is 0.793. The van der Waals surface area contributed by atoms with Gasteiger partial charge in [0.25, 0.3) is 0 Å². The molecule has 0 heterocycles. The highest BCUT2D eigenvalue weighted by atomic mass is 16.5. The van der Waals surface area contributed by atoms with E-state index in [1.807, 2.05) is 18.2 Å². The molecule has 2 unspecified atom stereocenters. The Morgan fingerprint density at radius 2 is 2.12 bits per heavy atom. The minimum absolute atomic E-state index is 0.0421. The molecule has 1 aromatic carbocycles. The molecular weight excluding hydrogens is 212 g/mol. The molecule has 2 rings (SSSR count). The van der Waals surface area contributed by atoms with Crippen LogP contribution < -0.4 is 0 Å². The minimum atomic E-state index is -0.440. The van der Waals surface area contributed by atoms with Crippen molar-refractivity contribution in [3.05, 3.63) is 35.4 Å². The second-order valence-corrected chi connectivity index (χ2v) is 5.29. The largest absolute Gasteiger partial charge is 0.386 e. The van der Waals surface area contributed by atoms with Gasteiger partial charge in [-0.1, -0.05) is 38.1 Å². The highest BCUT2D eigenvalue weighted by Crippen LogP contribution is 2.33. The van der Waals surface area contributed by atoms with Crippen LogP contribution in [0.3, 0.4) is 0 Å². The van der Waals surface area contributed by atoms with Gasteiger partial charge in [0.1, 0.15) is 6.10 Å². The zero-order valence-corrected chi connectivity index (χ0v) is 10.7. The third kappa shape index (κ3) is 3.08. The van der Waals surface area contributed by atoms with Gasteiger partial charge in [0.05, 0.1) is 6.10 Å². The van der Waals surface area contributed by atoms with Crippen LogP contribution in [-0.2, 0) is 11.2 Å². The molecule has 0 bridgehead atoms. The van der Waals surface area contributed by atoms with E-state index in [9.17, 15) is 5.11 Å². The second-order valence-electron chi connectivity index (χ2n) is 5.29. The van der Waals surface area contributed by atoms with Crippen molar-refractivity contribution in [1.82, 2.24) is 0 Å². The Kier molecular flexibility index (Phi) is 4.19. The average molecular weight is 234 g/mol. The summed E-state index contributed by atoms with van der Waals surface area (Å²) in [5, 5.41) is 10.1. The van der Waals surface area contributed by atoms with E-state index >= 15 is 0 Å². The lowest BCUT2D eigenvalue weighted by atomic mass is 10.1. The molecule has 0 fully saturated rings. The maximum Gasteiger partial charge on any atom is 0.106 e. The van der Waals surface area contributed by atoms with E-state index in [0.717, 1.165) is 30.9 Å². The Hall–Kier alpha value is -0.860. The lowest BCUT2D eigenvalue weighted by molar-refractivity contribution is -0.0294. The molecular formula is C15H22O2. The van der Waals surface area contributed by atoms with Gasteiger partial charge >= 0.3 is 0 Å². The molecule has 94 valence electrons. The van der Waals surface area contributed by atoms with Crippen molar-refractivity contribution < 1.29 is 9.84 Å². The third-order valence-electron chi connectivity index (χ3n) is 3.40. The van der Waals surface area contributed by atoms with Crippen molar-refractivity contribution >= 4 is 0 Å². The first-order chi connectivity index (χ1) is 8.18. The molecule has 0 saturated carbocycles. The Morgan fingerprint density at radius 1 is 1.35 bits per heavy atom. The van der Waals surface area contributed by atoms with Crippen LogP contribution in [0.2, 0.25) is 0 Å². The van der Waals surface area contributed by atoms with Crippen molar-refractivity contribution in [2.45, 2.75) is 45.3 Å². The summed E-state index contributed by atoms with van der Waals surface area (Å²) in [6, 6.07) is 8.07. The summed E-state index contributed by atoms with van der Waals surface area (Å²) >= 11 is 0. The van der Waals surface area contributed by atoms with E-state index < -0.39 is 6.10 Å². The standard InChI is InChI=1S/C15H22O2/c1-11(2)6-5-9-17-14-10-12-7-3-4-8-13(12)15(14)16/h3-4,7-8,11,14-16H,5-6,9-10H2,1-2H3. The van der Waals surface area contributed by atoms with Crippen molar-refractivity contribution in [3.8, 4) is 0 Å². The fourth-order valence-electron chi connectivity index (χ4n) is 2.41.